The second-order valence-electron chi connectivity index (χ2n) is 10.2. The highest BCUT2D eigenvalue weighted by molar-refractivity contribution is 6.23. The van der Waals surface area contributed by atoms with Gasteiger partial charge in [-0.3, -0.25) is 34.2 Å². The summed E-state index contributed by atoms with van der Waals surface area (Å²) >= 11 is 0. The zero-order chi connectivity index (χ0) is 26.1. The van der Waals surface area contributed by atoms with Gasteiger partial charge in [-0.2, -0.15) is 0 Å². The molecule has 37 heavy (non-hydrogen) atoms. The van der Waals surface area contributed by atoms with E-state index in [1.807, 2.05) is 6.07 Å². The maximum atomic E-state index is 13.1. The first kappa shape index (κ1) is 25.3. The van der Waals surface area contributed by atoms with Gasteiger partial charge in [-0.25, -0.2) is 0 Å². The normalized spacial score (nSPS) is 23.9. The van der Waals surface area contributed by atoms with E-state index in [1.54, 1.807) is 12.1 Å². The van der Waals surface area contributed by atoms with Crippen LogP contribution in [0.4, 0.5) is 5.69 Å². The Balaban J connectivity index is 1.14. The predicted molar refractivity (Wildman–Crippen MR) is 131 cm³/mol. The van der Waals surface area contributed by atoms with Crippen LogP contribution in [0, 0.1) is 0 Å². The summed E-state index contributed by atoms with van der Waals surface area (Å²) in [5, 5.41) is 11.1. The summed E-state index contributed by atoms with van der Waals surface area (Å²) in [6, 6.07) is 4.25. The minimum Gasteiger partial charge on any atom is -0.481 e. The lowest BCUT2D eigenvalue weighted by molar-refractivity contribution is -0.138. The van der Waals surface area contributed by atoms with Gasteiger partial charge in [0.25, 0.3) is 11.8 Å². The van der Waals surface area contributed by atoms with Crippen molar-refractivity contribution < 1.29 is 33.8 Å². The van der Waals surface area contributed by atoms with Crippen molar-refractivity contribution in [1.82, 2.24) is 15.1 Å². The van der Waals surface area contributed by atoms with Crippen LogP contribution in [0.2, 0.25) is 0 Å². The molecule has 4 aliphatic rings. The Morgan fingerprint density at radius 1 is 0.919 bits per heavy atom. The number of hydrogen-bond acceptors (Lipinski definition) is 8. The van der Waals surface area contributed by atoms with E-state index in [9.17, 15) is 24.0 Å². The third-order valence-electron chi connectivity index (χ3n) is 7.79. The molecule has 2 N–H and O–H groups in total. The Labute approximate surface area is 214 Å². The van der Waals surface area contributed by atoms with Gasteiger partial charge < -0.3 is 19.6 Å². The SMILES string of the molecule is O=C(O)CCN1CCC(OC2CCN(c3ccc4c(c3)C(=O)N(C3CCC(=O)NC3=O)C4=O)CC2)CC1. The number of carboxylic acids is 1. The molecule has 11 heteroatoms. The summed E-state index contributed by atoms with van der Waals surface area (Å²) in [5.74, 6) is -2.77. The van der Waals surface area contributed by atoms with E-state index in [-0.39, 0.29) is 37.0 Å². The minimum atomic E-state index is -0.967. The Bertz CT molecular complexity index is 1110. The third kappa shape index (κ3) is 5.37. The molecule has 1 aromatic carbocycles. The fraction of sp³-hybridized carbons (Fsp3) is 0.577. The highest BCUT2D eigenvalue weighted by atomic mass is 16.5. The molecule has 0 spiro atoms. The van der Waals surface area contributed by atoms with Gasteiger partial charge in [-0.05, 0) is 50.3 Å². The second-order valence-corrected chi connectivity index (χ2v) is 10.2. The number of aliphatic carboxylic acids is 1. The van der Waals surface area contributed by atoms with Crippen molar-refractivity contribution >= 4 is 35.3 Å². The number of hydrogen-bond donors (Lipinski definition) is 2. The first-order chi connectivity index (χ1) is 17.8. The molecule has 4 aliphatic heterocycles. The molecule has 11 nitrogen and oxygen atoms in total. The molecule has 4 heterocycles. The zero-order valence-electron chi connectivity index (χ0n) is 20.7. The molecule has 3 fully saturated rings. The van der Waals surface area contributed by atoms with Crippen LogP contribution in [-0.2, 0) is 19.1 Å². The number of fused-ring (bicyclic) bond motifs is 1. The molecular formula is C26H32N4O7. The van der Waals surface area contributed by atoms with Crippen LogP contribution < -0.4 is 10.2 Å². The van der Waals surface area contributed by atoms with Crippen molar-refractivity contribution in [2.45, 2.75) is 63.2 Å². The number of nitrogens with one attached hydrogen (secondary N) is 1. The van der Waals surface area contributed by atoms with Crippen molar-refractivity contribution in [3.05, 3.63) is 29.3 Å². The maximum absolute atomic E-state index is 13.1. The number of carbonyl (C=O) groups is 5. The average molecular weight is 513 g/mol. The van der Waals surface area contributed by atoms with Crippen molar-refractivity contribution in [2.75, 3.05) is 37.6 Å². The van der Waals surface area contributed by atoms with Crippen molar-refractivity contribution in [3.63, 3.8) is 0 Å². The molecule has 5 rings (SSSR count). The predicted octanol–water partition coefficient (Wildman–Crippen LogP) is 1.01. The number of rotatable bonds is 7. The van der Waals surface area contributed by atoms with Gasteiger partial charge in [-0.1, -0.05) is 0 Å². The molecule has 1 aromatic rings. The summed E-state index contributed by atoms with van der Waals surface area (Å²) in [4.78, 5) is 65.9. The monoisotopic (exact) mass is 512 g/mol. The van der Waals surface area contributed by atoms with E-state index < -0.39 is 35.6 Å². The van der Waals surface area contributed by atoms with E-state index in [0.29, 0.717) is 12.1 Å². The standard InChI is InChI=1S/C26H32N4O7/c31-22-4-3-21(24(34)27-22)30-25(35)19-2-1-16(15-20(19)26(30)36)29-13-7-18(8-14-29)37-17-5-10-28(11-6-17)12-9-23(32)33/h1-2,15,17-18,21H,3-14H2,(H,32,33)(H,27,31,34). The van der Waals surface area contributed by atoms with Crippen molar-refractivity contribution in [1.29, 1.82) is 0 Å². The molecule has 4 amide bonds. The molecular weight excluding hydrogens is 480 g/mol. The fourth-order valence-electron chi connectivity index (χ4n) is 5.70. The highest BCUT2D eigenvalue weighted by Gasteiger charge is 2.44. The van der Waals surface area contributed by atoms with Gasteiger partial charge >= 0.3 is 5.97 Å². The molecule has 0 radical (unpaired) electrons. The summed E-state index contributed by atoms with van der Waals surface area (Å²) in [6.07, 6.45) is 4.27. The smallest absolute Gasteiger partial charge is 0.304 e. The zero-order valence-corrected chi connectivity index (χ0v) is 20.7. The molecule has 0 bridgehead atoms. The second kappa shape index (κ2) is 10.6. The number of nitrogens with zero attached hydrogens (tertiary/aromatic N) is 3. The summed E-state index contributed by atoms with van der Waals surface area (Å²) < 4.78 is 6.36. The first-order valence-corrected chi connectivity index (χ1v) is 13.0. The van der Waals surface area contributed by atoms with Crippen LogP contribution in [-0.4, -0.2) is 95.5 Å². The Morgan fingerprint density at radius 3 is 2.22 bits per heavy atom. The van der Waals surface area contributed by atoms with E-state index in [2.05, 4.69) is 15.1 Å². The largest absolute Gasteiger partial charge is 0.481 e. The number of ether oxygens (including phenoxy) is 1. The number of carbonyl (C=O) groups excluding carboxylic acids is 4. The van der Waals surface area contributed by atoms with Crippen LogP contribution in [0.25, 0.3) is 0 Å². The number of likely N-dealkylation sites (tertiary alicyclic amines) is 1. The maximum Gasteiger partial charge on any atom is 0.304 e. The lowest BCUT2D eigenvalue weighted by Gasteiger charge is -2.37. The molecule has 1 unspecified atom stereocenters. The van der Waals surface area contributed by atoms with Crippen LogP contribution in [0.1, 0.15) is 65.7 Å². The van der Waals surface area contributed by atoms with Crippen LogP contribution >= 0.6 is 0 Å². The van der Waals surface area contributed by atoms with E-state index >= 15 is 0 Å². The third-order valence-corrected chi connectivity index (χ3v) is 7.79. The minimum absolute atomic E-state index is 0.0932. The quantitative estimate of drug-likeness (QED) is 0.513. The Morgan fingerprint density at radius 2 is 1.57 bits per heavy atom. The molecule has 198 valence electrons. The summed E-state index contributed by atoms with van der Waals surface area (Å²) in [5.41, 5.74) is 1.43. The Hall–Kier alpha value is -3.31. The van der Waals surface area contributed by atoms with Gasteiger partial charge in [0.1, 0.15) is 6.04 Å². The lowest BCUT2D eigenvalue weighted by Crippen LogP contribution is -2.54. The van der Waals surface area contributed by atoms with Crippen LogP contribution in [0.15, 0.2) is 18.2 Å². The average Bonchev–Trinajstić information content (AvgIpc) is 3.13. The van der Waals surface area contributed by atoms with Gasteiger partial charge in [-0.15, -0.1) is 0 Å². The summed E-state index contributed by atoms with van der Waals surface area (Å²) in [7, 11) is 0. The van der Waals surface area contributed by atoms with Crippen molar-refractivity contribution in [3.8, 4) is 0 Å². The molecule has 0 aromatic heterocycles. The van der Waals surface area contributed by atoms with E-state index in [0.717, 1.165) is 62.4 Å². The molecule has 3 saturated heterocycles. The van der Waals surface area contributed by atoms with Gasteiger partial charge in [0.15, 0.2) is 0 Å². The number of anilines is 1. The number of piperidine rings is 3. The number of amides is 4. The molecule has 0 aliphatic carbocycles. The summed E-state index contributed by atoms with van der Waals surface area (Å²) in [6.45, 7) is 3.82. The van der Waals surface area contributed by atoms with Gasteiger partial charge in [0, 0.05) is 44.8 Å². The number of imide groups is 2. The van der Waals surface area contributed by atoms with Crippen LogP contribution in [0.5, 0.6) is 0 Å². The lowest BCUT2D eigenvalue weighted by atomic mass is 10.0. The van der Waals surface area contributed by atoms with E-state index in [1.165, 1.54) is 0 Å². The number of carboxylic acid groups (broad SMARTS) is 1. The van der Waals surface area contributed by atoms with Gasteiger partial charge in [0.05, 0.1) is 29.8 Å². The fourth-order valence-corrected chi connectivity index (χ4v) is 5.70. The first-order valence-electron chi connectivity index (χ1n) is 13.0. The number of benzene rings is 1. The van der Waals surface area contributed by atoms with Crippen LogP contribution in [0.3, 0.4) is 0 Å². The molecule has 1 atom stereocenters. The topological polar surface area (TPSA) is 137 Å². The van der Waals surface area contributed by atoms with Gasteiger partial charge in [0.2, 0.25) is 11.8 Å². The Kier molecular flexibility index (Phi) is 7.25. The highest BCUT2D eigenvalue weighted by Crippen LogP contribution is 2.32. The van der Waals surface area contributed by atoms with E-state index in [4.69, 9.17) is 9.84 Å². The van der Waals surface area contributed by atoms with Crippen molar-refractivity contribution in [2.24, 2.45) is 0 Å². The molecule has 0 saturated carbocycles.